The van der Waals surface area contributed by atoms with Crippen molar-refractivity contribution in [2.24, 2.45) is 51.8 Å². The lowest BCUT2D eigenvalue weighted by molar-refractivity contribution is -0.154. The minimum atomic E-state index is 0.649. The van der Waals surface area contributed by atoms with Gasteiger partial charge in [0.2, 0.25) is 0 Å². The highest BCUT2D eigenvalue weighted by Crippen LogP contribution is 2.71. The molecule has 0 bridgehead atoms. The summed E-state index contributed by atoms with van der Waals surface area (Å²) in [5, 5.41) is 0. The van der Waals surface area contributed by atoms with Gasteiger partial charge in [0.25, 0.3) is 0 Å². The second-order valence-corrected chi connectivity index (χ2v) is 13.1. The molecule has 0 aromatic heterocycles. The SMILES string of the molecule is CC(C)CCC[C@@H](C)[C@H]1CC[C@H]2[C@@H]3CC[C@]4(C)CCCC[C@]4(C)[C@H]3CC[C@]12C. The molecule has 0 spiro atoms. The van der Waals surface area contributed by atoms with Gasteiger partial charge >= 0.3 is 0 Å². The molecule has 0 radical (unpaired) electrons. The molecule has 4 fully saturated rings. The van der Waals surface area contributed by atoms with Crippen LogP contribution in [0.3, 0.4) is 0 Å². The fourth-order valence-electron chi connectivity index (χ4n) is 9.63. The largest absolute Gasteiger partial charge is 0.0628 e. The molecule has 162 valence electrons. The molecule has 4 aliphatic carbocycles. The highest BCUT2D eigenvalue weighted by atomic mass is 14.7. The molecular formula is C28H50. The quantitative estimate of drug-likeness (QED) is 0.442. The lowest BCUT2D eigenvalue weighted by atomic mass is 9.40. The van der Waals surface area contributed by atoms with Gasteiger partial charge in [-0.25, -0.2) is 0 Å². The first-order chi connectivity index (χ1) is 13.2. The predicted octanol–water partition coefficient (Wildman–Crippen LogP) is 8.89. The summed E-state index contributed by atoms with van der Waals surface area (Å²) in [5.41, 5.74) is 1.97. The van der Waals surface area contributed by atoms with Crippen molar-refractivity contribution >= 4 is 0 Å². The van der Waals surface area contributed by atoms with Crippen LogP contribution in [-0.4, -0.2) is 0 Å². The number of hydrogen-bond acceptors (Lipinski definition) is 0. The normalized spacial score (nSPS) is 49.4. The lowest BCUT2D eigenvalue weighted by Gasteiger charge is -2.65. The molecule has 0 nitrogen and oxygen atoms in total. The van der Waals surface area contributed by atoms with Crippen LogP contribution in [0.15, 0.2) is 0 Å². The Balaban J connectivity index is 1.49. The summed E-state index contributed by atoms with van der Waals surface area (Å²) in [6, 6.07) is 0. The molecule has 0 aromatic carbocycles. The molecule has 0 heteroatoms. The van der Waals surface area contributed by atoms with Crippen molar-refractivity contribution in [2.45, 2.75) is 125 Å². The Morgan fingerprint density at radius 2 is 1.50 bits per heavy atom. The van der Waals surface area contributed by atoms with E-state index in [1.54, 1.807) is 32.1 Å². The Bertz CT molecular complexity index is 548. The Hall–Kier alpha value is 0. The van der Waals surface area contributed by atoms with Gasteiger partial charge in [-0.3, -0.25) is 0 Å². The lowest BCUT2D eigenvalue weighted by Crippen LogP contribution is -2.56. The second kappa shape index (κ2) is 7.60. The van der Waals surface area contributed by atoms with Crippen molar-refractivity contribution in [1.82, 2.24) is 0 Å². The summed E-state index contributed by atoms with van der Waals surface area (Å²) in [6.07, 6.45) is 19.7. The van der Waals surface area contributed by atoms with Crippen molar-refractivity contribution in [3.63, 3.8) is 0 Å². The number of fused-ring (bicyclic) bond motifs is 5. The minimum absolute atomic E-state index is 0.649. The molecule has 0 aromatic rings. The second-order valence-electron chi connectivity index (χ2n) is 13.1. The Morgan fingerprint density at radius 3 is 2.25 bits per heavy atom. The Morgan fingerprint density at radius 1 is 0.750 bits per heavy atom. The van der Waals surface area contributed by atoms with E-state index in [0.29, 0.717) is 16.2 Å². The third-order valence-corrected chi connectivity index (χ3v) is 11.5. The monoisotopic (exact) mass is 386 g/mol. The first-order valence-corrected chi connectivity index (χ1v) is 13.2. The van der Waals surface area contributed by atoms with Crippen molar-refractivity contribution in [3.8, 4) is 0 Å². The summed E-state index contributed by atoms with van der Waals surface area (Å²) in [7, 11) is 0. The van der Waals surface area contributed by atoms with Crippen LogP contribution in [0.2, 0.25) is 0 Å². The zero-order valence-electron chi connectivity index (χ0n) is 20.2. The maximum atomic E-state index is 2.75. The molecule has 0 amide bonds. The van der Waals surface area contributed by atoms with Gasteiger partial charge in [0.05, 0.1) is 0 Å². The zero-order valence-corrected chi connectivity index (χ0v) is 20.2. The van der Waals surface area contributed by atoms with E-state index in [-0.39, 0.29) is 0 Å². The van der Waals surface area contributed by atoms with Gasteiger partial charge in [-0.05, 0) is 103 Å². The van der Waals surface area contributed by atoms with Gasteiger partial charge in [-0.2, -0.15) is 0 Å². The standard InChI is InChI=1S/C28H50/c1-20(2)10-9-11-21(3)23-12-13-24-22-14-18-26(4)16-7-8-17-28(26,6)25(22)15-19-27(23,24)5/h20-25H,7-19H2,1-6H3/t21-,22+,23-,24+,25+,26+,27-,28-/m1/s1. The van der Waals surface area contributed by atoms with Crippen molar-refractivity contribution < 1.29 is 0 Å². The molecule has 0 unspecified atom stereocenters. The summed E-state index contributed by atoms with van der Waals surface area (Å²) >= 11 is 0. The van der Waals surface area contributed by atoms with Crippen LogP contribution in [0.1, 0.15) is 125 Å². The van der Waals surface area contributed by atoms with Crippen molar-refractivity contribution in [2.75, 3.05) is 0 Å². The van der Waals surface area contributed by atoms with Crippen LogP contribution in [0.5, 0.6) is 0 Å². The van der Waals surface area contributed by atoms with E-state index in [0.717, 1.165) is 35.5 Å². The van der Waals surface area contributed by atoms with Gasteiger partial charge in [-0.15, -0.1) is 0 Å². The van der Waals surface area contributed by atoms with E-state index >= 15 is 0 Å². The van der Waals surface area contributed by atoms with Crippen LogP contribution in [0.4, 0.5) is 0 Å². The van der Waals surface area contributed by atoms with E-state index in [4.69, 9.17) is 0 Å². The third kappa shape index (κ3) is 3.22. The average Bonchev–Trinajstić information content (AvgIpc) is 2.99. The Kier molecular flexibility index (Phi) is 5.77. The van der Waals surface area contributed by atoms with Gasteiger partial charge < -0.3 is 0 Å². The van der Waals surface area contributed by atoms with E-state index in [1.807, 2.05) is 0 Å². The number of hydrogen-bond donors (Lipinski definition) is 0. The van der Waals surface area contributed by atoms with E-state index < -0.39 is 0 Å². The van der Waals surface area contributed by atoms with Crippen LogP contribution >= 0.6 is 0 Å². The molecule has 0 saturated heterocycles. The fourth-order valence-corrected chi connectivity index (χ4v) is 9.63. The van der Waals surface area contributed by atoms with Gasteiger partial charge in [0, 0.05) is 0 Å². The summed E-state index contributed by atoms with van der Waals surface area (Å²) < 4.78 is 0. The first-order valence-electron chi connectivity index (χ1n) is 13.2. The molecule has 4 rings (SSSR count). The molecule has 0 N–H and O–H groups in total. The van der Waals surface area contributed by atoms with Crippen LogP contribution < -0.4 is 0 Å². The molecule has 8 atom stereocenters. The first kappa shape index (κ1) is 21.2. The van der Waals surface area contributed by atoms with E-state index in [2.05, 4.69) is 41.5 Å². The van der Waals surface area contributed by atoms with Crippen molar-refractivity contribution in [3.05, 3.63) is 0 Å². The number of rotatable bonds is 5. The molecule has 4 aliphatic rings. The van der Waals surface area contributed by atoms with Gasteiger partial charge in [0.1, 0.15) is 0 Å². The van der Waals surface area contributed by atoms with Gasteiger partial charge in [-0.1, -0.05) is 73.6 Å². The van der Waals surface area contributed by atoms with E-state index in [9.17, 15) is 0 Å². The predicted molar refractivity (Wildman–Crippen MR) is 122 cm³/mol. The third-order valence-electron chi connectivity index (χ3n) is 11.5. The summed E-state index contributed by atoms with van der Waals surface area (Å²) in [4.78, 5) is 0. The molecule has 0 aliphatic heterocycles. The maximum absolute atomic E-state index is 2.75. The van der Waals surface area contributed by atoms with Crippen LogP contribution in [0.25, 0.3) is 0 Å². The summed E-state index contributed by atoms with van der Waals surface area (Å²) in [5.74, 6) is 5.99. The fraction of sp³-hybridized carbons (Fsp3) is 1.00. The van der Waals surface area contributed by atoms with Crippen molar-refractivity contribution in [1.29, 1.82) is 0 Å². The highest BCUT2D eigenvalue weighted by molar-refractivity contribution is 5.12. The minimum Gasteiger partial charge on any atom is -0.0628 e. The van der Waals surface area contributed by atoms with Crippen LogP contribution in [0, 0.1) is 51.8 Å². The van der Waals surface area contributed by atoms with Gasteiger partial charge in [0.15, 0.2) is 0 Å². The molecule has 4 saturated carbocycles. The topological polar surface area (TPSA) is 0 Å². The average molecular weight is 387 g/mol. The zero-order chi connectivity index (χ0) is 20.2. The maximum Gasteiger partial charge on any atom is -0.0241 e. The summed E-state index contributed by atoms with van der Waals surface area (Å²) in [6.45, 7) is 15.6. The van der Waals surface area contributed by atoms with E-state index in [1.165, 1.54) is 51.4 Å². The smallest absolute Gasteiger partial charge is 0.0241 e. The molecular weight excluding hydrogens is 336 g/mol. The Labute approximate surface area is 177 Å². The molecule has 28 heavy (non-hydrogen) atoms. The highest BCUT2D eigenvalue weighted by Gasteiger charge is 2.62. The van der Waals surface area contributed by atoms with Crippen LogP contribution in [-0.2, 0) is 0 Å². The molecule has 0 heterocycles.